The van der Waals surface area contributed by atoms with Crippen molar-refractivity contribution in [1.29, 1.82) is 0 Å². The zero-order chi connectivity index (χ0) is 23.7. The number of hydrogen-bond donors (Lipinski definition) is 1. The molecule has 2 aromatic heterocycles. The summed E-state index contributed by atoms with van der Waals surface area (Å²) >= 11 is 6.07. The highest BCUT2D eigenvalue weighted by Crippen LogP contribution is 2.29. The number of aryl methyl sites for hydroxylation is 1. The Labute approximate surface area is 203 Å². The Balaban J connectivity index is 1.41. The number of oxazole rings is 1. The number of fused-ring (bicyclic) bond motifs is 1. The van der Waals surface area contributed by atoms with Gasteiger partial charge >= 0.3 is 0 Å². The molecule has 4 aromatic rings. The minimum absolute atomic E-state index is 0.00569. The van der Waals surface area contributed by atoms with Crippen LogP contribution < -0.4 is 5.32 Å². The number of piperidine rings is 1. The standard InChI is InChI=1S/C26H26ClN5O2/c1-16-6-8-19(24-28-10-4-11-29-24)20(13-16)25(33)32-12-3-5-17(2)22(32)15-30-26-31-21-14-18(27)7-9-23(21)34-26/h4,6-11,13-14,17,22H,3,5,12,15H2,1-2H3,(H,30,31)/t17-,22?/m1/s1. The van der Waals surface area contributed by atoms with Gasteiger partial charge in [0, 0.05) is 36.1 Å². The number of anilines is 1. The van der Waals surface area contributed by atoms with Crippen molar-refractivity contribution in [3.05, 3.63) is 71.0 Å². The topological polar surface area (TPSA) is 84.2 Å². The largest absolute Gasteiger partial charge is 0.424 e. The van der Waals surface area contributed by atoms with Crippen molar-refractivity contribution >= 4 is 34.6 Å². The van der Waals surface area contributed by atoms with Gasteiger partial charge in [0.15, 0.2) is 11.4 Å². The van der Waals surface area contributed by atoms with E-state index in [0.29, 0.717) is 52.5 Å². The van der Waals surface area contributed by atoms with Crippen LogP contribution in [-0.4, -0.2) is 44.9 Å². The molecule has 1 fully saturated rings. The number of likely N-dealkylation sites (tertiary alicyclic amines) is 1. The Kier molecular flexibility index (Phi) is 6.20. The van der Waals surface area contributed by atoms with Gasteiger partial charge in [-0.05, 0) is 56.0 Å². The van der Waals surface area contributed by atoms with Crippen LogP contribution in [0.15, 0.2) is 59.3 Å². The maximum absolute atomic E-state index is 13.9. The summed E-state index contributed by atoms with van der Waals surface area (Å²) < 4.78 is 5.82. The highest BCUT2D eigenvalue weighted by atomic mass is 35.5. The molecule has 1 amide bonds. The number of halogens is 1. The summed E-state index contributed by atoms with van der Waals surface area (Å²) in [6, 6.07) is 13.4. The molecule has 1 aliphatic rings. The number of nitrogens with zero attached hydrogens (tertiary/aromatic N) is 4. The number of amides is 1. The van der Waals surface area contributed by atoms with Gasteiger partial charge in [-0.2, -0.15) is 4.98 Å². The first kappa shape index (κ1) is 22.3. The zero-order valence-electron chi connectivity index (χ0n) is 19.2. The summed E-state index contributed by atoms with van der Waals surface area (Å²) in [6.45, 7) is 5.41. The Bertz CT molecular complexity index is 1320. The van der Waals surface area contributed by atoms with Crippen LogP contribution in [0.5, 0.6) is 0 Å². The second-order valence-electron chi connectivity index (χ2n) is 8.82. The maximum Gasteiger partial charge on any atom is 0.295 e. The fraction of sp³-hybridized carbons (Fsp3) is 0.308. The van der Waals surface area contributed by atoms with Crippen LogP contribution >= 0.6 is 11.6 Å². The monoisotopic (exact) mass is 475 g/mol. The number of aromatic nitrogens is 3. The number of carbonyl (C=O) groups excluding carboxylic acids is 1. The third kappa shape index (κ3) is 4.48. The molecule has 1 unspecified atom stereocenters. The molecular weight excluding hydrogens is 450 g/mol. The molecule has 1 N–H and O–H groups in total. The molecule has 7 nitrogen and oxygen atoms in total. The van der Waals surface area contributed by atoms with Gasteiger partial charge in [0.25, 0.3) is 11.9 Å². The van der Waals surface area contributed by atoms with E-state index in [4.69, 9.17) is 16.0 Å². The predicted molar refractivity (Wildman–Crippen MR) is 133 cm³/mol. The maximum atomic E-state index is 13.9. The van der Waals surface area contributed by atoms with E-state index in [0.717, 1.165) is 24.0 Å². The molecular formula is C26H26ClN5O2. The van der Waals surface area contributed by atoms with Crippen molar-refractivity contribution in [1.82, 2.24) is 19.9 Å². The summed E-state index contributed by atoms with van der Waals surface area (Å²) in [6.07, 6.45) is 5.41. The second-order valence-corrected chi connectivity index (χ2v) is 9.26. The fourth-order valence-electron chi connectivity index (χ4n) is 4.60. The lowest BCUT2D eigenvalue weighted by Gasteiger charge is -2.40. The molecule has 0 saturated carbocycles. The minimum Gasteiger partial charge on any atom is -0.424 e. The van der Waals surface area contributed by atoms with Crippen LogP contribution in [0.1, 0.15) is 35.7 Å². The highest BCUT2D eigenvalue weighted by molar-refractivity contribution is 6.31. The molecule has 3 heterocycles. The van der Waals surface area contributed by atoms with Crippen molar-refractivity contribution < 1.29 is 9.21 Å². The third-order valence-electron chi connectivity index (χ3n) is 6.40. The summed E-state index contributed by atoms with van der Waals surface area (Å²) in [7, 11) is 0. The zero-order valence-corrected chi connectivity index (χ0v) is 19.9. The van der Waals surface area contributed by atoms with Crippen molar-refractivity contribution in [3.8, 4) is 11.4 Å². The Morgan fingerprint density at radius 1 is 1.21 bits per heavy atom. The number of carbonyl (C=O) groups is 1. The molecule has 0 bridgehead atoms. The van der Waals surface area contributed by atoms with Gasteiger partial charge < -0.3 is 14.6 Å². The van der Waals surface area contributed by atoms with Crippen LogP contribution in [0, 0.1) is 12.8 Å². The Hall–Kier alpha value is -3.45. The molecule has 5 rings (SSSR count). The van der Waals surface area contributed by atoms with Gasteiger partial charge in [-0.15, -0.1) is 0 Å². The van der Waals surface area contributed by atoms with Gasteiger partial charge in [0.1, 0.15) is 5.52 Å². The minimum atomic E-state index is -0.00935. The molecule has 2 aromatic carbocycles. The van der Waals surface area contributed by atoms with Gasteiger partial charge in [0.2, 0.25) is 0 Å². The van der Waals surface area contributed by atoms with E-state index in [1.165, 1.54) is 0 Å². The van der Waals surface area contributed by atoms with E-state index in [9.17, 15) is 4.79 Å². The first-order chi connectivity index (χ1) is 16.5. The average molecular weight is 476 g/mol. The summed E-state index contributed by atoms with van der Waals surface area (Å²) in [5, 5.41) is 3.92. The number of rotatable bonds is 5. The fourth-order valence-corrected chi connectivity index (χ4v) is 4.77. The lowest BCUT2D eigenvalue weighted by atomic mass is 9.89. The van der Waals surface area contributed by atoms with Crippen molar-refractivity contribution in [2.24, 2.45) is 5.92 Å². The average Bonchev–Trinajstić information content (AvgIpc) is 3.25. The normalized spacial score (nSPS) is 18.3. The van der Waals surface area contributed by atoms with E-state index < -0.39 is 0 Å². The lowest BCUT2D eigenvalue weighted by molar-refractivity contribution is 0.0540. The molecule has 8 heteroatoms. The molecule has 34 heavy (non-hydrogen) atoms. The quantitative estimate of drug-likeness (QED) is 0.404. The Morgan fingerprint density at radius 2 is 2.03 bits per heavy atom. The van der Waals surface area contributed by atoms with Gasteiger partial charge in [-0.25, -0.2) is 9.97 Å². The molecule has 0 spiro atoms. The van der Waals surface area contributed by atoms with Crippen molar-refractivity contribution in [3.63, 3.8) is 0 Å². The molecule has 174 valence electrons. The van der Waals surface area contributed by atoms with Crippen LogP contribution in [-0.2, 0) is 0 Å². The van der Waals surface area contributed by atoms with E-state index in [1.54, 1.807) is 36.7 Å². The van der Waals surface area contributed by atoms with E-state index in [2.05, 4.69) is 27.2 Å². The smallest absolute Gasteiger partial charge is 0.295 e. The lowest BCUT2D eigenvalue weighted by Crippen LogP contribution is -2.51. The number of hydrogen-bond acceptors (Lipinski definition) is 6. The van der Waals surface area contributed by atoms with Crippen molar-refractivity contribution in [2.75, 3.05) is 18.4 Å². The van der Waals surface area contributed by atoms with E-state index in [-0.39, 0.29) is 11.9 Å². The van der Waals surface area contributed by atoms with Crippen LogP contribution in [0.3, 0.4) is 0 Å². The second kappa shape index (κ2) is 9.43. The Morgan fingerprint density at radius 3 is 2.85 bits per heavy atom. The van der Waals surface area contributed by atoms with Gasteiger partial charge in [0.05, 0.1) is 11.6 Å². The summed E-state index contributed by atoms with van der Waals surface area (Å²) in [5.74, 6) is 0.870. The first-order valence-corrected chi connectivity index (χ1v) is 11.9. The number of benzene rings is 2. The molecule has 2 atom stereocenters. The SMILES string of the molecule is Cc1ccc(-c2ncccn2)c(C(=O)N2CCC[C@@H](C)C2CNc2nc3cc(Cl)ccc3o2)c1. The van der Waals surface area contributed by atoms with Gasteiger partial charge in [-0.3, -0.25) is 4.79 Å². The van der Waals surface area contributed by atoms with E-state index >= 15 is 0 Å². The highest BCUT2D eigenvalue weighted by Gasteiger charge is 2.33. The number of nitrogens with one attached hydrogen (secondary N) is 1. The van der Waals surface area contributed by atoms with Crippen molar-refractivity contribution in [2.45, 2.75) is 32.7 Å². The molecule has 0 radical (unpaired) electrons. The van der Waals surface area contributed by atoms with E-state index in [1.807, 2.05) is 30.0 Å². The summed E-state index contributed by atoms with van der Waals surface area (Å²) in [4.78, 5) is 29.1. The van der Waals surface area contributed by atoms with Crippen LogP contribution in [0.25, 0.3) is 22.5 Å². The van der Waals surface area contributed by atoms with Crippen LogP contribution in [0.4, 0.5) is 6.01 Å². The predicted octanol–water partition coefficient (Wildman–Crippen LogP) is 5.60. The molecule has 0 aliphatic carbocycles. The van der Waals surface area contributed by atoms with Crippen LogP contribution in [0.2, 0.25) is 5.02 Å². The first-order valence-electron chi connectivity index (χ1n) is 11.5. The molecule has 1 saturated heterocycles. The van der Waals surface area contributed by atoms with Gasteiger partial charge in [-0.1, -0.05) is 36.2 Å². The molecule has 1 aliphatic heterocycles. The summed E-state index contributed by atoms with van der Waals surface area (Å²) in [5.41, 5.74) is 3.77. The third-order valence-corrected chi connectivity index (χ3v) is 6.64.